The summed E-state index contributed by atoms with van der Waals surface area (Å²) in [4.78, 5) is 0. The fourth-order valence-corrected chi connectivity index (χ4v) is 2.79. The molecule has 0 aromatic heterocycles. The molecule has 0 saturated heterocycles. The zero-order valence-electron chi connectivity index (χ0n) is 9.93. The molecule has 2 rings (SSSR count). The van der Waals surface area contributed by atoms with Crippen LogP contribution in [-0.4, -0.2) is 13.7 Å². The molecule has 1 saturated carbocycles. The number of methoxy groups -OCH3 is 1. The number of rotatable bonds is 3. The van der Waals surface area contributed by atoms with Crippen molar-refractivity contribution in [1.82, 2.24) is 0 Å². The topological polar surface area (TPSA) is 35.2 Å². The minimum atomic E-state index is -0.597. The number of halogens is 2. The first-order valence-electron chi connectivity index (χ1n) is 5.87. The van der Waals surface area contributed by atoms with Gasteiger partial charge in [0.1, 0.15) is 5.82 Å². The van der Waals surface area contributed by atoms with E-state index in [-0.39, 0.29) is 17.9 Å². The van der Waals surface area contributed by atoms with E-state index in [9.17, 15) is 8.78 Å². The summed E-state index contributed by atoms with van der Waals surface area (Å²) in [5.41, 5.74) is 5.31. The Balaban J connectivity index is 2.56. The Morgan fingerprint density at radius 3 is 2.47 bits per heavy atom. The number of nitrogens with two attached hydrogens (primary N) is 1. The molecular formula is C13H17F2NO. The molecule has 0 atom stereocenters. The molecule has 2 nitrogen and oxygen atoms in total. The summed E-state index contributed by atoms with van der Waals surface area (Å²) in [7, 11) is 1.38. The van der Waals surface area contributed by atoms with Gasteiger partial charge in [-0.05, 0) is 25.0 Å². The lowest BCUT2D eigenvalue weighted by atomic mass is 9.78. The Hall–Kier alpha value is -1.16. The van der Waals surface area contributed by atoms with Crippen molar-refractivity contribution in [3.05, 3.63) is 29.3 Å². The molecule has 4 heteroatoms. The van der Waals surface area contributed by atoms with Crippen LogP contribution in [0.25, 0.3) is 0 Å². The third kappa shape index (κ3) is 1.90. The fourth-order valence-electron chi connectivity index (χ4n) is 2.79. The average molecular weight is 241 g/mol. The maximum Gasteiger partial charge on any atom is 0.171 e. The van der Waals surface area contributed by atoms with E-state index in [1.807, 2.05) is 0 Å². The third-order valence-corrected chi connectivity index (χ3v) is 3.76. The van der Waals surface area contributed by atoms with E-state index in [1.165, 1.54) is 19.2 Å². The number of ether oxygens (including phenoxy) is 1. The molecule has 2 N–H and O–H groups in total. The highest BCUT2D eigenvalue weighted by molar-refractivity contribution is 5.38. The first-order valence-corrected chi connectivity index (χ1v) is 5.87. The molecule has 1 fully saturated rings. The van der Waals surface area contributed by atoms with Gasteiger partial charge in [-0.15, -0.1) is 0 Å². The van der Waals surface area contributed by atoms with Crippen molar-refractivity contribution in [3.8, 4) is 5.75 Å². The minimum Gasteiger partial charge on any atom is -0.494 e. The van der Waals surface area contributed by atoms with Gasteiger partial charge in [0.05, 0.1) is 7.11 Å². The molecule has 0 unspecified atom stereocenters. The summed E-state index contributed by atoms with van der Waals surface area (Å²) < 4.78 is 33.0. The van der Waals surface area contributed by atoms with E-state index < -0.39 is 17.0 Å². The van der Waals surface area contributed by atoms with Crippen LogP contribution in [0.4, 0.5) is 8.78 Å². The lowest BCUT2D eigenvalue weighted by Gasteiger charge is -2.29. The van der Waals surface area contributed by atoms with E-state index in [4.69, 9.17) is 10.5 Å². The number of hydrogen-bond donors (Lipinski definition) is 1. The zero-order valence-corrected chi connectivity index (χ0v) is 9.93. The van der Waals surface area contributed by atoms with E-state index in [2.05, 4.69) is 0 Å². The zero-order chi connectivity index (χ0) is 12.5. The van der Waals surface area contributed by atoms with Crippen LogP contribution in [0, 0.1) is 11.6 Å². The molecule has 0 aliphatic heterocycles. The van der Waals surface area contributed by atoms with Crippen molar-refractivity contribution in [2.45, 2.75) is 31.1 Å². The molecule has 1 aliphatic carbocycles. The van der Waals surface area contributed by atoms with Crippen LogP contribution in [0.15, 0.2) is 12.1 Å². The Morgan fingerprint density at radius 1 is 1.29 bits per heavy atom. The van der Waals surface area contributed by atoms with Crippen LogP contribution in [0.3, 0.4) is 0 Å². The van der Waals surface area contributed by atoms with Crippen molar-refractivity contribution >= 4 is 0 Å². The molecule has 94 valence electrons. The Bertz CT molecular complexity index is 414. The summed E-state index contributed by atoms with van der Waals surface area (Å²) in [5, 5.41) is 0. The van der Waals surface area contributed by atoms with E-state index in [1.54, 1.807) is 0 Å². The molecule has 17 heavy (non-hydrogen) atoms. The highest BCUT2D eigenvalue weighted by Crippen LogP contribution is 2.43. The van der Waals surface area contributed by atoms with Gasteiger partial charge in [0, 0.05) is 17.5 Å². The molecule has 0 radical (unpaired) electrons. The molecule has 0 amide bonds. The van der Waals surface area contributed by atoms with E-state index in [0.29, 0.717) is 0 Å². The van der Waals surface area contributed by atoms with Crippen molar-refractivity contribution in [2.24, 2.45) is 5.73 Å². The minimum absolute atomic E-state index is 0.0844. The molecule has 0 heterocycles. The first kappa shape index (κ1) is 12.3. The number of benzene rings is 1. The van der Waals surface area contributed by atoms with Gasteiger partial charge in [-0.3, -0.25) is 0 Å². The second-order valence-electron chi connectivity index (χ2n) is 4.63. The highest BCUT2D eigenvalue weighted by Gasteiger charge is 2.39. The molecule has 1 aromatic carbocycles. The van der Waals surface area contributed by atoms with Crippen LogP contribution in [0.2, 0.25) is 0 Å². The molecule has 1 aliphatic rings. The molecule has 1 aromatic rings. The second-order valence-corrected chi connectivity index (χ2v) is 4.63. The van der Waals surface area contributed by atoms with Gasteiger partial charge < -0.3 is 10.5 Å². The van der Waals surface area contributed by atoms with E-state index >= 15 is 0 Å². The molecule has 0 spiro atoms. The molecule has 0 bridgehead atoms. The third-order valence-electron chi connectivity index (χ3n) is 3.76. The average Bonchev–Trinajstić information content (AvgIpc) is 2.79. The van der Waals surface area contributed by atoms with Crippen molar-refractivity contribution in [2.75, 3.05) is 13.7 Å². The van der Waals surface area contributed by atoms with Crippen molar-refractivity contribution in [1.29, 1.82) is 0 Å². The Kier molecular flexibility index (Phi) is 3.33. The predicted molar refractivity (Wildman–Crippen MR) is 62.1 cm³/mol. The monoisotopic (exact) mass is 241 g/mol. The molecular weight excluding hydrogens is 224 g/mol. The van der Waals surface area contributed by atoms with Crippen molar-refractivity contribution < 1.29 is 13.5 Å². The lowest BCUT2D eigenvalue weighted by molar-refractivity contribution is 0.356. The standard InChI is InChI=1S/C13H17F2NO/c1-17-10-5-4-9(14)11(12(10)15)13(8-16)6-2-3-7-13/h4-5H,2-3,6-8,16H2,1H3. The largest absolute Gasteiger partial charge is 0.494 e. The predicted octanol–water partition coefficient (Wildman–Crippen LogP) is 2.74. The summed E-state index contributed by atoms with van der Waals surface area (Å²) in [5.74, 6) is -1.03. The fraction of sp³-hybridized carbons (Fsp3) is 0.538. The summed E-state index contributed by atoms with van der Waals surface area (Å²) in [6, 6.07) is 2.57. The Labute approximate surface area is 99.8 Å². The summed E-state index contributed by atoms with van der Waals surface area (Å²) >= 11 is 0. The van der Waals surface area contributed by atoms with Gasteiger partial charge in [-0.2, -0.15) is 0 Å². The van der Waals surface area contributed by atoms with Gasteiger partial charge in [-0.25, -0.2) is 8.78 Å². The van der Waals surface area contributed by atoms with Crippen molar-refractivity contribution in [3.63, 3.8) is 0 Å². The summed E-state index contributed by atoms with van der Waals surface area (Å²) in [6.07, 6.45) is 3.41. The van der Waals surface area contributed by atoms with Crippen LogP contribution < -0.4 is 10.5 Å². The van der Waals surface area contributed by atoms with Gasteiger partial charge in [0.15, 0.2) is 11.6 Å². The maximum atomic E-state index is 14.2. The van der Waals surface area contributed by atoms with Crippen LogP contribution >= 0.6 is 0 Å². The quantitative estimate of drug-likeness (QED) is 0.883. The summed E-state index contributed by atoms with van der Waals surface area (Å²) in [6.45, 7) is 0.272. The van der Waals surface area contributed by atoms with Crippen LogP contribution in [0.5, 0.6) is 5.75 Å². The van der Waals surface area contributed by atoms with Gasteiger partial charge >= 0.3 is 0 Å². The first-order chi connectivity index (χ1) is 8.14. The SMILES string of the molecule is COc1ccc(F)c(C2(CN)CCCC2)c1F. The van der Waals surface area contributed by atoms with Gasteiger partial charge in [-0.1, -0.05) is 12.8 Å². The van der Waals surface area contributed by atoms with Gasteiger partial charge in [0.25, 0.3) is 0 Å². The van der Waals surface area contributed by atoms with Crippen LogP contribution in [-0.2, 0) is 5.41 Å². The maximum absolute atomic E-state index is 14.2. The lowest BCUT2D eigenvalue weighted by Crippen LogP contribution is -2.34. The number of hydrogen-bond acceptors (Lipinski definition) is 2. The van der Waals surface area contributed by atoms with E-state index in [0.717, 1.165) is 25.7 Å². The smallest absolute Gasteiger partial charge is 0.171 e. The normalized spacial score (nSPS) is 18.4. The Morgan fingerprint density at radius 2 is 1.94 bits per heavy atom. The highest BCUT2D eigenvalue weighted by atomic mass is 19.1. The van der Waals surface area contributed by atoms with Gasteiger partial charge in [0.2, 0.25) is 0 Å². The van der Waals surface area contributed by atoms with Crippen LogP contribution in [0.1, 0.15) is 31.2 Å². The second kappa shape index (κ2) is 4.61.